The number of carbonyl (C=O) groups excluding carboxylic acids is 1. The first-order valence-corrected chi connectivity index (χ1v) is 6.42. The average Bonchev–Trinajstić information content (AvgIpc) is 2.33. The van der Waals surface area contributed by atoms with Gasteiger partial charge in [-0.1, -0.05) is 15.9 Å². The first-order chi connectivity index (χ1) is 8.15. The molecule has 0 aliphatic carbocycles. The highest BCUT2D eigenvalue weighted by molar-refractivity contribution is 9.10. The predicted molar refractivity (Wildman–Crippen MR) is 74.0 cm³/mol. The van der Waals surface area contributed by atoms with Crippen molar-refractivity contribution >= 4 is 43.6 Å². The number of rotatable bonds is 2. The maximum Gasteiger partial charge on any atom is 0.256 e. The van der Waals surface area contributed by atoms with Crippen LogP contribution in [0.15, 0.2) is 51.5 Å². The van der Waals surface area contributed by atoms with E-state index in [1.54, 1.807) is 24.4 Å². The number of carbonyl (C=O) groups is 1. The minimum atomic E-state index is -0.174. The normalized spacial score (nSPS) is 10.0. The lowest BCUT2D eigenvalue weighted by atomic mass is 10.2. The molecule has 1 amide bonds. The quantitative estimate of drug-likeness (QED) is 0.888. The lowest BCUT2D eigenvalue weighted by Crippen LogP contribution is -2.12. The number of anilines is 1. The molecule has 0 spiro atoms. The van der Waals surface area contributed by atoms with Crippen molar-refractivity contribution in [2.75, 3.05) is 5.32 Å². The summed E-state index contributed by atoms with van der Waals surface area (Å²) in [5.74, 6) is 0.355. The Bertz CT molecular complexity index is 523. The van der Waals surface area contributed by atoms with Gasteiger partial charge in [0.25, 0.3) is 5.91 Å². The molecule has 0 unspecified atom stereocenters. The van der Waals surface area contributed by atoms with Crippen molar-refractivity contribution in [1.82, 2.24) is 4.98 Å². The number of nitrogens with zero attached hydrogens (tertiary/aromatic N) is 1. The van der Waals surface area contributed by atoms with Crippen LogP contribution in [-0.4, -0.2) is 10.9 Å². The summed E-state index contributed by atoms with van der Waals surface area (Å²) in [6, 6.07) is 10.7. The summed E-state index contributed by atoms with van der Waals surface area (Å²) in [5.41, 5.74) is 0.595. The van der Waals surface area contributed by atoms with Crippen LogP contribution < -0.4 is 5.32 Å². The van der Waals surface area contributed by atoms with E-state index >= 15 is 0 Å². The number of amides is 1. The van der Waals surface area contributed by atoms with Crippen LogP contribution >= 0.6 is 31.9 Å². The average molecular weight is 356 g/mol. The molecule has 1 heterocycles. The molecule has 86 valence electrons. The molecule has 0 saturated carbocycles. The fraction of sp³-hybridized carbons (Fsp3) is 0. The molecule has 2 aromatic rings. The van der Waals surface area contributed by atoms with Crippen LogP contribution in [-0.2, 0) is 0 Å². The zero-order chi connectivity index (χ0) is 12.3. The third kappa shape index (κ3) is 3.38. The number of hydrogen-bond donors (Lipinski definition) is 1. The van der Waals surface area contributed by atoms with Crippen molar-refractivity contribution in [3.05, 3.63) is 57.1 Å². The first-order valence-electron chi connectivity index (χ1n) is 4.83. The largest absolute Gasteiger partial charge is 0.307 e. The SMILES string of the molecule is O=C(Nc1ccc(Br)cn1)c1ccc(Br)cc1. The monoisotopic (exact) mass is 354 g/mol. The van der Waals surface area contributed by atoms with Crippen molar-refractivity contribution in [3.8, 4) is 0 Å². The Morgan fingerprint density at radius 3 is 2.24 bits per heavy atom. The fourth-order valence-corrected chi connectivity index (χ4v) is 1.74. The van der Waals surface area contributed by atoms with E-state index in [0.29, 0.717) is 11.4 Å². The van der Waals surface area contributed by atoms with E-state index in [-0.39, 0.29) is 5.91 Å². The van der Waals surface area contributed by atoms with E-state index in [1.807, 2.05) is 18.2 Å². The third-order valence-electron chi connectivity index (χ3n) is 2.08. The molecule has 0 saturated heterocycles. The van der Waals surface area contributed by atoms with Gasteiger partial charge in [-0.25, -0.2) is 4.98 Å². The molecule has 0 bridgehead atoms. The summed E-state index contributed by atoms with van der Waals surface area (Å²) in [7, 11) is 0. The number of benzene rings is 1. The molecule has 17 heavy (non-hydrogen) atoms. The van der Waals surface area contributed by atoms with E-state index < -0.39 is 0 Å². The van der Waals surface area contributed by atoms with Gasteiger partial charge < -0.3 is 5.32 Å². The number of halogens is 2. The van der Waals surface area contributed by atoms with Crippen LogP contribution in [0.4, 0.5) is 5.82 Å². The Labute approximate surface area is 116 Å². The second-order valence-electron chi connectivity index (χ2n) is 3.32. The van der Waals surface area contributed by atoms with Gasteiger partial charge in [0.1, 0.15) is 5.82 Å². The number of pyridine rings is 1. The predicted octanol–water partition coefficient (Wildman–Crippen LogP) is 3.86. The number of hydrogen-bond acceptors (Lipinski definition) is 2. The van der Waals surface area contributed by atoms with Gasteiger partial charge in [-0.15, -0.1) is 0 Å². The van der Waals surface area contributed by atoms with Crippen molar-refractivity contribution < 1.29 is 4.79 Å². The zero-order valence-corrected chi connectivity index (χ0v) is 11.8. The van der Waals surface area contributed by atoms with Crippen molar-refractivity contribution in [1.29, 1.82) is 0 Å². The Balaban J connectivity index is 2.11. The summed E-state index contributed by atoms with van der Waals surface area (Å²) in [6.07, 6.45) is 1.64. The lowest BCUT2D eigenvalue weighted by molar-refractivity contribution is 0.102. The standard InChI is InChI=1S/C12H8Br2N2O/c13-9-3-1-8(2-4-9)12(17)16-11-6-5-10(14)7-15-11/h1-7H,(H,15,16,17). The van der Waals surface area contributed by atoms with E-state index in [4.69, 9.17) is 0 Å². The van der Waals surface area contributed by atoms with Crippen LogP contribution in [0.5, 0.6) is 0 Å². The van der Waals surface area contributed by atoms with Gasteiger partial charge in [0.15, 0.2) is 0 Å². The zero-order valence-electron chi connectivity index (χ0n) is 8.65. The second kappa shape index (κ2) is 5.42. The summed E-state index contributed by atoms with van der Waals surface area (Å²) >= 11 is 6.60. The van der Waals surface area contributed by atoms with E-state index in [0.717, 1.165) is 8.95 Å². The van der Waals surface area contributed by atoms with Crippen molar-refractivity contribution in [2.24, 2.45) is 0 Å². The molecule has 0 atom stereocenters. The Morgan fingerprint density at radius 2 is 1.65 bits per heavy atom. The van der Waals surface area contributed by atoms with Gasteiger partial charge in [-0.3, -0.25) is 4.79 Å². The highest BCUT2D eigenvalue weighted by Gasteiger charge is 2.05. The van der Waals surface area contributed by atoms with E-state index in [1.165, 1.54) is 0 Å². The summed E-state index contributed by atoms with van der Waals surface area (Å²) in [4.78, 5) is 15.9. The number of aromatic nitrogens is 1. The molecule has 3 nitrogen and oxygen atoms in total. The molecular weight excluding hydrogens is 348 g/mol. The minimum Gasteiger partial charge on any atom is -0.307 e. The van der Waals surface area contributed by atoms with Crippen LogP contribution in [0.3, 0.4) is 0 Å². The smallest absolute Gasteiger partial charge is 0.256 e. The molecular formula is C12H8Br2N2O. The van der Waals surface area contributed by atoms with Crippen LogP contribution in [0.1, 0.15) is 10.4 Å². The van der Waals surface area contributed by atoms with Crippen LogP contribution in [0, 0.1) is 0 Å². The van der Waals surface area contributed by atoms with Gasteiger partial charge in [0.05, 0.1) is 0 Å². The Hall–Kier alpha value is -1.20. The topological polar surface area (TPSA) is 42.0 Å². The molecule has 0 radical (unpaired) electrons. The summed E-state index contributed by atoms with van der Waals surface area (Å²) in [6.45, 7) is 0. The molecule has 5 heteroatoms. The molecule has 1 aromatic heterocycles. The van der Waals surface area contributed by atoms with Gasteiger partial charge >= 0.3 is 0 Å². The van der Waals surface area contributed by atoms with E-state index in [9.17, 15) is 4.79 Å². The molecule has 0 aliphatic heterocycles. The highest BCUT2D eigenvalue weighted by atomic mass is 79.9. The first kappa shape index (κ1) is 12.3. The second-order valence-corrected chi connectivity index (χ2v) is 5.15. The van der Waals surface area contributed by atoms with Gasteiger partial charge in [-0.2, -0.15) is 0 Å². The van der Waals surface area contributed by atoms with Gasteiger partial charge in [0.2, 0.25) is 0 Å². The Morgan fingerprint density at radius 1 is 1.00 bits per heavy atom. The molecule has 1 aromatic carbocycles. The van der Waals surface area contributed by atoms with E-state index in [2.05, 4.69) is 42.2 Å². The van der Waals surface area contributed by atoms with Crippen LogP contribution in [0.25, 0.3) is 0 Å². The molecule has 0 aliphatic rings. The molecule has 0 fully saturated rings. The molecule has 1 N–H and O–H groups in total. The third-order valence-corrected chi connectivity index (χ3v) is 3.07. The van der Waals surface area contributed by atoms with Crippen LogP contribution in [0.2, 0.25) is 0 Å². The maximum atomic E-state index is 11.8. The lowest BCUT2D eigenvalue weighted by Gasteiger charge is -2.04. The van der Waals surface area contributed by atoms with Crippen molar-refractivity contribution in [2.45, 2.75) is 0 Å². The Kier molecular flexibility index (Phi) is 3.91. The van der Waals surface area contributed by atoms with Gasteiger partial charge in [-0.05, 0) is 52.3 Å². The molecule has 2 rings (SSSR count). The summed E-state index contributed by atoms with van der Waals surface area (Å²) in [5, 5.41) is 2.72. The summed E-state index contributed by atoms with van der Waals surface area (Å²) < 4.78 is 1.81. The fourth-order valence-electron chi connectivity index (χ4n) is 1.24. The van der Waals surface area contributed by atoms with Gasteiger partial charge in [0, 0.05) is 20.7 Å². The highest BCUT2D eigenvalue weighted by Crippen LogP contribution is 2.13. The number of nitrogens with one attached hydrogen (secondary N) is 1. The van der Waals surface area contributed by atoms with Crippen molar-refractivity contribution in [3.63, 3.8) is 0 Å². The maximum absolute atomic E-state index is 11.8. The minimum absolute atomic E-state index is 0.174.